The molecule has 3 aromatic heterocycles. The average Bonchev–Trinajstić information content (AvgIpc) is 3.11. The Morgan fingerprint density at radius 3 is 2.79 bits per heavy atom. The van der Waals surface area contributed by atoms with Crippen LogP contribution in [0, 0.1) is 0 Å². The maximum absolute atomic E-state index is 11.8. The highest BCUT2D eigenvalue weighted by Gasteiger charge is 2.09. The third-order valence-electron chi connectivity index (χ3n) is 3.99. The first kappa shape index (κ1) is 19.2. The molecule has 0 saturated heterocycles. The molecular weight excluding hydrogens is 360 g/mol. The lowest BCUT2D eigenvalue weighted by Gasteiger charge is -2.11. The molecule has 0 aliphatic rings. The van der Waals surface area contributed by atoms with Crippen LogP contribution in [-0.2, 0) is 11.8 Å². The largest absolute Gasteiger partial charge is 0.393 e. The van der Waals surface area contributed by atoms with Crippen molar-refractivity contribution in [1.29, 1.82) is 0 Å². The molecule has 1 unspecified atom stereocenters. The van der Waals surface area contributed by atoms with E-state index in [1.165, 1.54) is 0 Å². The van der Waals surface area contributed by atoms with Gasteiger partial charge in [0.2, 0.25) is 11.9 Å². The molecule has 0 saturated carbocycles. The highest BCUT2D eigenvalue weighted by Crippen LogP contribution is 2.20. The van der Waals surface area contributed by atoms with Crippen LogP contribution in [0.5, 0.6) is 0 Å². The van der Waals surface area contributed by atoms with E-state index in [1.54, 1.807) is 35.4 Å². The Labute approximate surface area is 162 Å². The van der Waals surface area contributed by atoms with Crippen molar-refractivity contribution < 1.29 is 9.90 Å². The number of hydrogen-bond donors (Lipinski definition) is 4. The molecule has 0 aliphatic carbocycles. The molecule has 146 valence electrons. The summed E-state index contributed by atoms with van der Waals surface area (Å²) in [5, 5.41) is 16.7. The molecule has 0 bridgehead atoms. The van der Waals surface area contributed by atoms with Crippen molar-refractivity contribution in [2.24, 2.45) is 7.05 Å². The van der Waals surface area contributed by atoms with Gasteiger partial charge in [0, 0.05) is 31.1 Å². The summed E-state index contributed by atoms with van der Waals surface area (Å²) in [7, 11) is 1.82. The minimum atomic E-state index is -0.660. The molecule has 10 heteroatoms. The molecule has 3 aromatic rings. The fourth-order valence-electron chi connectivity index (χ4n) is 2.39. The number of aliphatic hydroxyl groups excluding tert-OH is 1. The number of carbonyl (C=O) groups excluding carboxylic acids is 1. The van der Waals surface area contributed by atoms with Gasteiger partial charge >= 0.3 is 0 Å². The zero-order valence-corrected chi connectivity index (χ0v) is 15.6. The maximum atomic E-state index is 11.8. The number of aromatic nitrogens is 5. The zero-order valence-electron chi connectivity index (χ0n) is 15.6. The highest BCUT2D eigenvalue weighted by atomic mass is 16.3. The van der Waals surface area contributed by atoms with E-state index in [0.717, 1.165) is 11.4 Å². The molecule has 0 aliphatic heterocycles. The average molecular weight is 382 g/mol. The Hall–Kier alpha value is -3.53. The van der Waals surface area contributed by atoms with Crippen LogP contribution in [0.15, 0.2) is 42.9 Å². The van der Waals surface area contributed by atoms with Crippen molar-refractivity contribution in [2.75, 3.05) is 10.7 Å². The number of nitrogens with zero attached hydrogens (tertiary/aromatic N) is 5. The first-order valence-electron chi connectivity index (χ1n) is 8.82. The number of hydrazine groups is 1. The van der Waals surface area contributed by atoms with Crippen LogP contribution in [0.2, 0.25) is 0 Å². The van der Waals surface area contributed by atoms with Crippen LogP contribution in [-0.4, -0.2) is 41.9 Å². The monoisotopic (exact) mass is 382 g/mol. The van der Waals surface area contributed by atoms with Gasteiger partial charge < -0.3 is 10.4 Å². The zero-order chi connectivity index (χ0) is 19.9. The minimum absolute atomic E-state index is 0.0259. The van der Waals surface area contributed by atoms with Gasteiger partial charge in [0.15, 0.2) is 0 Å². The second-order valence-electron chi connectivity index (χ2n) is 6.10. The van der Waals surface area contributed by atoms with Crippen LogP contribution < -0.4 is 16.2 Å². The van der Waals surface area contributed by atoms with Gasteiger partial charge in [0.25, 0.3) is 0 Å². The van der Waals surface area contributed by atoms with Gasteiger partial charge in [-0.3, -0.25) is 20.3 Å². The first-order valence-corrected chi connectivity index (χ1v) is 8.82. The lowest BCUT2D eigenvalue weighted by atomic mass is 10.2. The van der Waals surface area contributed by atoms with Crippen LogP contribution in [0.1, 0.15) is 19.8 Å². The topological polar surface area (TPSA) is 130 Å². The van der Waals surface area contributed by atoms with Crippen molar-refractivity contribution >= 4 is 23.5 Å². The van der Waals surface area contributed by atoms with Crippen LogP contribution in [0.3, 0.4) is 0 Å². The molecule has 3 heterocycles. The molecular formula is C18H22N8O2. The predicted molar refractivity (Wildman–Crippen MR) is 104 cm³/mol. The fraction of sp³-hybridized carbons (Fsp3) is 0.278. The Kier molecular flexibility index (Phi) is 6.12. The van der Waals surface area contributed by atoms with Crippen molar-refractivity contribution in [1.82, 2.24) is 30.2 Å². The number of hydrogen-bond acceptors (Lipinski definition) is 8. The van der Waals surface area contributed by atoms with Crippen LogP contribution >= 0.6 is 0 Å². The van der Waals surface area contributed by atoms with Gasteiger partial charge in [-0.2, -0.15) is 5.10 Å². The number of aryl methyl sites for hydroxylation is 1. The summed E-state index contributed by atoms with van der Waals surface area (Å²) >= 11 is 0. The summed E-state index contributed by atoms with van der Waals surface area (Å²) in [6.45, 7) is 1.82. The number of carbonyl (C=O) groups is 1. The van der Waals surface area contributed by atoms with E-state index in [-0.39, 0.29) is 12.3 Å². The summed E-state index contributed by atoms with van der Waals surface area (Å²) in [5.41, 5.74) is 6.77. The van der Waals surface area contributed by atoms with Crippen LogP contribution in [0.4, 0.5) is 17.6 Å². The second kappa shape index (κ2) is 8.91. The maximum Gasteiger partial charge on any atom is 0.240 e. The molecule has 0 spiro atoms. The first-order chi connectivity index (χ1) is 13.5. The normalized spacial score (nSPS) is 11.7. The number of rotatable bonds is 8. The Balaban J connectivity index is 1.69. The number of anilines is 3. The minimum Gasteiger partial charge on any atom is -0.393 e. The van der Waals surface area contributed by atoms with Crippen LogP contribution in [0.25, 0.3) is 11.3 Å². The third-order valence-corrected chi connectivity index (χ3v) is 3.99. The fourth-order valence-corrected chi connectivity index (χ4v) is 2.39. The molecule has 0 radical (unpaired) electrons. The molecule has 1 atom stereocenters. The van der Waals surface area contributed by atoms with E-state index in [4.69, 9.17) is 0 Å². The Bertz CT molecular complexity index is 943. The lowest BCUT2D eigenvalue weighted by molar-refractivity contribution is -0.122. The van der Waals surface area contributed by atoms with Crippen molar-refractivity contribution in [3.63, 3.8) is 0 Å². The third kappa shape index (κ3) is 5.01. The molecule has 10 nitrogen and oxygen atoms in total. The standard InChI is InChI=1S/C18H22N8O2/c1-3-13(27)11-17(28)25-24-15-10-12(4-7-19-15)14-5-8-20-18(22-14)23-16-6-9-21-26(16)2/h4-10,13,27H,3,11H2,1-2H3,(H,19,24)(H,25,28)(H,20,22,23). The van der Waals surface area contributed by atoms with E-state index in [2.05, 4.69) is 36.2 Å². The van der Waals surface area contributed by atoms with E-state index in [1.807, 2.05) is 26.1 Å². The smallest absolute Gasteiger partial charge is 0.240 e. The number of aliphatic hydroxyl groups is 1. The van der Waals surface area contributed by atoms with Crippen molar-refractivity contribution in [3.8, 4) is 11.3 Å². The van der Waals surface area contributed by atoms with E-state index < -0.39 is 6.10 Å². The summed E-state index contributed by atoms with van der Waals surface area (Å²) in [5.74, 6) is 1.35. The molecule has 0 fully saturated rings. The molecule has 28 heavy (non-hydrogen) atoms. The molecule has 4 N–H and O–H groups in total. The number of amides is 1. The van der Waals surface area contributed by atoms with Gasteiger partial charge in [0.1, 0.15) is 11.6 Å². The lowest BCUT2D eigenvalue weighted by Crippen LogP contribution is -2.32. The summed E-state index contributed by atoms with van der Waals surface area (Å²) in [6.07, 6.45) is 4.83. The molecule has 3 rings (SSSR count). The summed E-state index contributed by atoms with van der Waals surface area (Å²) in [6, 6.07) is 7.17. The van der Waals surface area contributed by atoms with Gasteiger partial charge in [-0.25, -0.2) is 15.0 Å². The highest BCUT2D eigenvalue weighted by molar-refractivity contribution is 5.77. The molecule has 1 amide bonds. The van der Waals surface area contributed by atoms with Gasteiger partial charge in [0.05, 0.1) is 24.4 Å². The van der Waals surface area contributed by atoms with E-state index in [9.17, 15) is 9.90 Å². The SMILES string of the molecule is CCC(O)CC(=O)NNc1cc(-c2ccnc(Nc3ccnn3C)n2)ccn1. The number of nitrogens with one attached hydrogen (secondary N) is 3. The van der Waals surface area contributed by atoms with Crippen molar-refractivity contribution in [3.05, 3.63) is 42.9 Å². The predicted octanol–water partition coefficient (Wildman–Crippen LogP) is 1.62. The van der Waals surface area contributed by atoms with Gasteiger partial charge in [-0.1, -0.05) is 6.92 Å². The van der Waals surface area contributed by atoms with E-state index in [0.29, 0.717) is 23.9 Å². The van der Waals surface area contributed by atoms with E-state index >= 15 is 0 Å². The summed E-state index contributed by atoms with van der Waals surface area (Å²) < 4.78 is 1.68. The van der Waals surface area contributed by atoms with Gasteiger partial charge in [-0.05, 0) is 24.6 Å². The Morgan fingerprint density at radius 2 is 2.04 bits per heavy atom. The Morgan fingerprint density at radius 1 is 1.21 bits per heavy atom. The molecule has 0 aromatic carbocycles. The number of pyridine rings is 1. The quantitative estimate of drug-likeness (QED) is 0.433. The second-order valence-corrected chi connectivity index (χ2v) is 6.10. The summed E-state index contributed by atoms with van der Waals surface area (Å²) in [4.78, 5) is 24.7. The van der Waals surface area contributed by atoms with Gasteiger partial charge in [-0.15, -0.1) is 0 Å². The van der Waals surface area contributed by atoms with Crippen molar-refractivity contribution in [2.45, 2.75) is 25.9 Å².